The molecule has 1 heterocycles. The molecule has 1 atom stereocenters. The van der Waals surface area contributed by atoms with E-state index in [1.807, 2.05) is 0 Å². The molecule has 0 aromatic heterocycles. The van der Waals surface area contributed by atoms with E-state index >= 15 is 0 Å². The highest BCUT2D eigenvalue weighted by molar-refractivity contribution is 6.33. The Morgan fingerprint density at radius 3 is 2.71 bits per heavy atom. The van der Waals surface area contributed by atoms with E-state index in [0.29, 0.717) is 0 Å². The number of esters is 1. The van der Waals surface area contributed by atoms with E-state index in [1.165, 1.54) is 11.0 Å². The zero-order valence-corrected chi connectivity index (χ0v) is 15.9. The van der Waals surface area contributed by atoms with Gasteiger partial charge in [0.1, 0.15) is 11.4 Å². The minimum absolute atomic E-state index is 0.00321. The Hall–Kier alpha value is -2.17. The molecule has 7 nitrogen and oxygen atoms in total. The van der Waals surface area contributed by atoms with Crippen LogP contribution in [0, 0.1) is 0 Å². The van der Waals surface area contributed by atoms with Crippen LogP contribution in [0.25, 0.3) is 0 Å². The number of hydrogen-bond acceptors (Lipinski definition) is 6. The highest BCUT2D eigenvalue weighted by Crippen LogP contribution is 2.34. The van der Waals surface area contributed by atoms with Gasteiger partial charge in [0.2, 0.25) is 0 Å². The van der Waals surface area contributed by atoms with Crippen LogP contribution in [-0.2, 0) is 14.3 Å². The smallest absolute Gasteiger partial charge is 0.444 e. The zero-order chi connectivity index (χ0) is 21.1. The average molecular weight is 443 g/mol. The van der Waals surface area contributed by atoms with Crippen molar-refractivity contribution in [3.63, 3.8) is 0 Å². The normalized spacial score (nSPS) is 15.7. The molecular formula is C16H15Cl2F3N2O5. The summed E-state index contributed by atoms with van der Waals surface area (Å²) in [6, 6.07) is 3.20. The fourth-order valence-electron chi connectivity index (χ4n) is 2.35. The van der Waals surface area contributed by atoms with Gasteiger partial charge in [0.25, 0.3) is 11.5 Å². The number of benzene rings is 1. The molecule has 0 aliphatic carbocycles. The summed E-state index contributed by atoms with van der Waals surface area (Å²) in [5, 5.41) is 11.6. The molecule has 1 unspecified atom stereocenters. The second-order valence-electron chi connectivity index (χ2n) is 5.53. The molecule has 2 N–H and O–H groups in total. The number of hydrogen-bond donors (Lipinski definition) is 2. The van der Waals surface area contributed by atoms with Gasteiger partial charge in [-0.3, -0.25) is 4.79 Å². The fourth-order valence-corrected chi connectivity index (χ4v) is 2.56. The van der Waals surface area contributed by atoms with Crippen molar-refractivity contribution < 1.29 is 37.3 Å². The predicted molar refractivity (Wildman–Crippen MR) is 94.1 cm³/mol. The minimum atomic E-state index is -4.30. The minimum Gasteiger partial charge on any atom is -0.466 e. The molecule has 1 aliphatic rings. The van der Waals surface area contributed by atoms with Crippen molar-refractivity contribution in [2.24, 2.45) is 0 Å². The first kappa shape index (κ1) is 22.1. The number of carbonyl (C=O) groups is 2. The van der Waals surface area contributed by atoms with Crippen LogP contribution in [0.2, 0.25) is 5.02 Å². The SMILES string of the molecule is COC(=O)C1=C(Nc2cc(OC(F)(F)C(F)Cl)ccc2Cl)C(=O)N(CCO)C1. The topological polar surface area (TPSA) is 88.1 Å². The Kier molecular flexibility index (Phi) is 7.02. The maximum Gasteiger partial charge on any atom is 0.444 e. The highest BCUT2D eigenvalue weighted by Gasteiger charge is 2.42. The van der Waals surface area contributed by atoms with Gasteiger partial charge < -0.3 is 24.8 Å². The third kappa shape index (κ3) is 4.81. The molecule has 12 heteroatoms. The van der Waals surface area contributed by atoms with Gasteiger partial charge in [-0.25, -0.2) is 9.18 Å². The summed E-state index contributed by atoms with van der Waals surface area (Å²) in [5.41, 5.74) is -3.39. The van der Waals surface area contributed by atoms with Gasteiger partial charge in [-0.2, -0.15) is 8.78 Å². The van der Waals surface area contributed by atoms with E-state index < -0.39 is 29.4 Å². The standard InChI is InChI=1S/C16H15Cl2F3N2O5/c1-27-14(26)9-7-23(4-5-24)13(25)12(9)22-11-6-8(2-3-10(11)17)28-16(20,21)15(18)19/h2-3,6,15,22,24H,4-5,7H2,1H3. The Morgan fingerprint density at radius 1 is 1.46 bits per heavy atom. The van der Waals surface area contributed by atoms with Crippen molar-refractivity contribution in [1.29, 1.82) is 0 Å². The molecule has 0 fully saturated rings. The number of alkyl halides is 4. The lowest BCUT2D eigenvalue weighted by Gasteiger charge is -2.19. The van der Waals surface area contributed by atoms with Crippen molar-refractivity contribution in [1.82, 2.24) is 4.90 Å². The molecular weight excluding hydrogens is 428 g/mol. The lowest BCUT2D eigenvalue weighted by atomic mass is 10.2. The third-order valence-corrected chi connectivity index (χ3v) is 4.24. The molecule has 1 amide bonds. The number of ether oxygens (including phenoxy) is 2. The quantitative estimate of drug-likeness (QED) is 0.475. The molecule has 1 aromatic rings. The number of nitrogens with zero attached hydrogens (tertiary/aromatic N) is 1. The molecule has 0 bridgehead atoms. The van der Waals surface area contributed by atoms with E-state index in [4.69, 9.17) is 28.3 Å². The molecule has 0 radical (unpaired) electrons. The van der Waals surface area contributed by atoms with Crippen LogP contribution in [0.1, 0.15) is 0 Å². The number of carbonyl (C=O) groups excluding carboxylic acids is 2. The highest BCUT2D eigenvalue weighted by atomic mass is 35.5. The molecule has 1 aromatic carbocycles. The number of methoxy groups -OCH3 is 1. The van der Waals surface area contributed by atoms with E-state index in [2.05, 4.69) is 14.8 Å². The Morgan fingerprint density at radius 2 is 2.14 bits per heavy atom. The Balaban J connectivity index is 2.35. The van der Waals surface area contributed by atoms with E-state index in [9.17, 15) is 22.8 Å². The maximum absolute atomic E-state index is 13.3. The van der Waals surface area contributed by atoms with Gasteiger partial charge in [0.15, 0.2) is 0 Å². The van der Waals surface area contributed by atoms with Gasteiger partial charge in [-0.15, -0.1) is 0 Å². The summed E-state index contributed by atoms with van der Waals surface area (Å²) in [6.07, 6.45) is -4.30. The van der Waals surface area contributed by atoms with Crippen molar-refractivity contribution in [2.45, 2.75) is 11.7 Å². The fraction of sp³-hybridized carbons (Fsp3) is 0.375. The average Bonchev–Trinajstić information content (AvgIpc) is 2.93. The number of halogens is 5. The second-order valence-corrected chi connectivity index (χ2v) is 6.32. The number of amides is 1. The first-order chi connectivity index (χ1) is 13.1. The molecule has 0 spiro atoms. The molecule has 1 aliphatic heterocycles. The number of β-amino-alcohol motifs (C(OH)–C–C–N with tert-alkyl or cyclic N) is 1. The Bertz CT molecular complexity index is 804. The summed E-state index contributed by atoms with van der Waals surface area (Å²) < 4.78 is 48.3. The molecule has 154 valence electrons. The van der Waals surface area contributed by atoms with Crippen LogP contribution in [-0.4, -0.2) is 60.4 Å². The maximum atomic E-state index is 13.3. The monoisotopic (exact) mass is 442 g/mol. The van der Waals surface area contributed by atoms with Crippen LogP contribution in [0.3, 0.4) is 0 Å². The number of aliphatic hydroxyl groups excluding tert-OH is 1. The van der Waals surface area contributed by atoms with Crippen LogP contribution >= 0.6 is 23.2 Å². The van der Waals surface area contributed by atoms with E-state index in [0.717, 1.165) is 19.2 Å². The van der Waals surface area contributed by atoms with Crippen molar-refractivity contribution in [3.05, 3.63) is 34.5 Å². The third-order valence-electron chi connectivity index (χ3n) is 3.66. The summed E-state index contributed by atoms with van der Waals surface area (Å²) >= 11 is 10.8. The van der Waals surface area contributed by atoms with Crippen LogP contribution in [0.15, 0.2) is 29.5 Å². The molecule has 0 saturated carbocycles. The van der Waals surface area contributed by atoms with Crippen molar-refractivity contribution in [2.75, 3.05) is 32.1 Å². The van der Waals surface area contributed by atoms with Crippen LogP contribution < -0.4 is 10.1 Å². The largest absolute Gasteiger partial charge is 0.466 e. The predicted octanol–water partition coefficient (Wildman–Crippen LogP) is 2.52. The molecule has 2 rings (SSSR count). The molecule has 28 heavy (non-hydrogen) atoms. The second kappa shape index (κ2) is 8.89. The first-order valence-corrected chi connectivity index (χ1v) is 8.55. The summed E-state index contributed by atoms with van der Waals surface area (Å²) in [4.78, 5) is 25.6. The van der Waals surface area contributed by atoms with Gasteiger partial charge >= 0.3 is 12.1 Å². The number of anilines is 1. The van der Waals surface area contributed by atoms with Gasteiger partial charge in [-0.1, -0.05) is 23.2 Å². The van der Waals surface area contributed by atoms with Gasteiger partial charge in [0, 0.05) is 12.6 Å². The van der Waals surface area contributed by atoms with Crippen molar-refractivity contribution in [3.8, 4) is 5.75 Å². The van der Waals surface area contributed by atoms with E-state index in [-0.39, 0.29) is 41.7 Å². The van der Waals surface area contributed by atoms with Crippen LogP contribution in [0.5, 0.6) is 5.75 Å². The number of aliphatic hydroxyl groups is 1. The summed E-state index contributed by atoms with van der Waals surface area (Å²) in [6.45, 7) is -0.507. The van der Waals surface area contributed by atoms with Crippen molar-refractivity contribution >= 4 is 40.8 Å². The molecule has 0 saturated heterocycles. The summed E-state index contributed by atoms with van der Waals surface area (Å²) in [7, 11) is 1.12. The van der Waals surface area contributed by atoms with Gasteiger partial charge in [-0.05, 0) is 12.1 Å². The number of rotatable bonds is 8. The first-order valence-electron chi connectivity index (χ1n) is 7.73. The zero-order valence-electron chi connectivity index (χ0n) is 14.3. The van der Waals surface area contributed by atoms with E-state index in [1.54, 1.807) is 0 Å². The van der Waals surface area contributed by atoms with Gasteiger partial charge in [0.05, 0.1) is 36.5 Å². The lowest BCUT2D eigenvalue weighted by molar-refractivity contribution is -0.199. The lowest BCUT2D eigenvalue weighted by Crippen LogP contribution is -2.32. The Labute approximate surface area is 167 Å². The number of nitrogens with one attached hydrogen (secondary N) is 1. The van der Waals surface area contributed by atoms with Crippen LogP contribution in [0.4, 0.5) is 18.9 Å². The summed E-state index contributed by atoms with van der Waals surface area (Å²) in [5.74, 6) is -1.92.